The normalized spacial score (nSPS) is 84.0. The van der Waals surface area contributed by atoms with Gasteiger partial charge in [-0.15, -0.1) is 0 Å². The van der Waals surface area contributed by atoms with Gasteiger partial charge in [0, 0.05) is 0 Å². The van der Waals surface area contributed by atoms with Gasteiger partial charge in [-0.05, 0) is 84.9 Å². The average Bonchev–Trinajstić information content (AvgIpc) is 2.36. The second kappa shape index (κ2) is 1.37. The van der Waals surface area contributed by atoms with Gasteiger partial charge in [0.05, 0.1) is 0 Å². The molecule has 5 saturated carbocycles. The Kier molecular flexibility index (Phi) is 0.640. The smallest absolute Gasteiger partial charge is 0.0225 e. The zero-order chi connectivity index (χ0) is 8.76. The fourth-order valence-electron chi connectivity index (χ4n) is 8.41. The summed E-state index contributed by atoms with van der Waals surface area (Å²) in [5, 5.41) is 0. The van der Waals surface area contributed by atoms with Crippen molar-refractivity contribution in [2.24, 2.45) is 39.9 Å². The zero-order valence-corrected chi connectivity index (χ0v) is 8.76. The van der Waals surface area contributed by atoms with Crippen LogP contribution in [0, 0.1) is 39.9 Å². The quantitative estimate of drug-likeness (QED) is 0.545. The predicted octanol–water partition coefficient (Wildman–Crippen LogP) is 3.22. The van der Waals surface area contributed by atoms with E-state index < -0.39 is 0 Å². The standard InChI is InChI=1S/C14H18/c1-8-2-14-7-13(1)5-12(6-13)3-9(11(8)14)10(14)4-12/h8-11H,1-7H2. The third-order valence-corrected chi connectivity index (χ3v) is 7.75. The Labute approximate surface area is 85.4 Å². The predicted molar refractivity (Wildman–Crippen MR) is 53.6 cm³/mol. The maximum Gasteiger partial charge on any atom is -0.0225 e. The van der Waals surface area contributed by atoms with Crippen molar-refractivity contribution in [1.82, 2.24) is 0 Å². The lowest BCUT2D eigenvalue weighted by Gasteiger charge is -2.79. The molecule has 0 aromatic heterocycles. The molecule has 0 aromatic rings. The summed E-state index contributed by atoms with van der Waals surface area (Å²) >= 11 is 0. The Morgan fingerprint density at radius 2 is 1.71 bits per heavy atom. The van der Waals surface area contributed by atoms with Gasteiger partial charge in [-0.25, -0.2) is 0 Å². The molecular weight excluding hydrogens is 168 g/mol. The summed E-state index contributed by atoms with van der Waals surface area (Å²) < 4.78 is 0. The average molecular weight is 186 g/mol. The SMILES string of the molecule is C1C2CC34CC15CC1(CC(C3C1)C24)C5. The van der Waals surface area contributed by atoms with Gasteiger partial charge in [-0.3, -0.25) is 0 Å². The van der Waals surface area contributed by atoms with Gasteiger partial charge >= 0.3 is 0 Å². The van der Waals surface area contributed by atoms with Gasteiger partial charge in [0.2, 0.25) is 0 Å². The molecule has 74 valence electrons. The summed E-state index contributed by atoms with van der Waals surface area (Å²) in [6.45, 7) is 0. The van der Waals surface area contributed by atoms with E-state index >= 15 is 0 Å². The van der Waals surface area contributed by atoms with Crippen LogP contribution in [0.1, 0.15) is 44.9 Å². The molecule has 0 heteroatoms. The lowest BCUT2D eigenvalue weighted by Crippen LogP contribution is -2.72. The molecule has 0 radical (unpaired) electrons. The second-order valence-corrected chi connectivity index (χ2v) is 8.14. The minimum Gasteiger partial charge on any atom is -0.0444 e. The third-order valence-electron chi connectivity index (χ3n) is 7.75. The van der Waals surface area contributed by atoms with E-state index in [0.29, 0.717) is 0 Å². The molecule has 5 fully saturated rings. The van der Waals surface area contributed by atoms with Crippen LogP contribution in [-0.2, 0) is 0 Å². The Bertz CT molecular complexity index is 370. The molecule has 0 nitrogen and oxygen atoms in total. The van der Waals surface area contributed by atoms with Gasteiger partial charge in [0.1, 0.15) is 0 Å². The summed E-state index contributed by atoms with van der Waals surface area (Å²) in [6.07, 6.45) is 11.8. The van der Waals surface area contributed by atoms with Crippen molar-refractivity contribution in [2.75, 3.05) is 0 Å². The van der Waals surface area contributed by atoms with Crippen molar-refractivity contribution in [1.29, 1.82) is 0 Å². The minimum atomic E-state index is 0.930. The fourth-order valence-corrected chi connectivity index (χ4v) is 8.41. The molecule has 0 aromatic carbocycles. The molecule has 0 N–H and O–H groups in total. The van der Waals surface area contributed by atoms with Gasteiger partial charge in [-0.2, -0.15) is 0 Å². The van der Waals surface area contributed by atoms with Crippen LogP contribution in [0.4, 0.5) is 0 Å². The second-order valence-electron chi connectivity index (χ2n) is 8.14. The Balaban J connectivity index is 1.69. The molecular formula is C14H18. The zero-order valence-electron chi connectivity index (χ0n) is 8.76. The molecule has 3 spiro atoms. The first-order valence-electron chi connectivity index (χ1n) is 6.75. The molecule has 5 rings (SSSR count). The van der Waals surface area contributed by atoms with Crippen molar-refractivity contribution in [3.63, 3.8) is 0 Å². The number of hydrogen-bond acceptors (Lipinski definition) is 0. The van der Waals surface area contributed by atoms with Gasteiger partial charge in [0.25, 0.3) is 0 Å². The number of rotatable bonds is 0. The van der Waals surface area contributed by atoms with E-state index in [1.807, 2.05) is 0 Å². The maximum absolute atomic E-state index is 1.70. The van der Waals surface area contributed by atoms with E-state index in [4.69, 9.17) is 0 Å². The van der Waals surface area contributed by atoms with E-state index in [9.17, 15) is 0 Å². The first kappa shape index (κ1) is 6.55. The first-order valence-corrected chi connectivity index (χ1v) is 6.75. The van der Waals surface area contributed by atoms with Crippen LogP contribution in [0.3, 0.4) is 0 Å². The molecule has 5 unspecified atom stereocenters. The lowest BCUT2D eigenvalue weighted by atomic mass is 9.25. The van der Waals surface area contributed by atoms with Crippen LogP contribution in [0.5, 0.6) is 0 Å². The van der Waals surface area contributed by atoms with Gasteiger partial charge in [0.15, 0.2) is 0 Å². The Morgan fingerprint density at radius 3 is 2.64 bits per heavy atom. The van der Waals surface area contributed by atoms with E-state index in [-0.39, 0.29) is 0 Å². The van der Waals surface area contributed by atoms with Crippen LogP contribution in [-0.4, -0.2) is 0 Å². The molecule has 0 heterocycles. The third kappa shape index (κ3) is 0.378. The highest BCUT2D eigenvalue weighted by Gasteiger charge is 2.84. The van der Waals surface area contributed by atoms with Crippen molar-refractivity contribution >= 4 is 0 Å². The lowest BCUT2D eigenvalue weighted by molar-refractivity contribution is -0.309. The molecule has 5 atom stereocenters. The molecule has 0 saturated heterocycles. The summed E-state index contributed by atoms with van der Waals surface area (Å²) in [7, 11) is 0. The highest BCUT2D eigenvalue weighted by Crippen LogP contribution is 2.92. The minimum absolute atomic E-state index is 0.930. The first-order chi connectivity index (χ1) is 6.75. The van der Waals surface area contributed by atoms with Crippen LogP contribution in [0.2, 0.25) is 0 Å². The molecule has 14 heavy (non-hydrogen) atoms. The monoisotopic (exact) mass is 186 g/mol. The van der Waals surface area contributed by atoms with Crippen molar-refractivity contribution < 1.29 is 0 Å². The molecule has 2 bridgehead atoms. The summed E-state index contributed by atoms with van der Waals surface area (Å²) in [5.74, 6) is 4.98. The Hall–Kier alpha value is 0. The highest BCUT2D eigenvalue weighted by molar-refractivity contribution is 5.32. The summed E-state index contributed by atoms with van der Waals surface area (Å²) in [6, 6.07) is 0. The molecule has 5 aliphatic carbocycles. The topological polar surface area (TPSA) is 0 Å². The van der Waals surface area contributed by atoms with E-state index in [0.717, 1.165) is 16.2 Å². The van der Waals surface area contributed by atoms with Gasteiger partial charge < -0.3 is 0 Å². The van der Waals surface area contributed by atoms with E-state index in [1.54, 1.807) is 44.9 Å². The summed E-state index contributed by atoms with van der Waals surface area (Å²) in [4.78, 5) is 0. The number of hydrogen-bond donors (Lipinski definition) is 0. The summed E-state index contributed by atoms with van der Waals surface area (Å²) in [5.41, 5.74) is 2.84. The maximum atomic E-state index is 1.70. The van der Waals surface area contributed by atoms with E-state index in [1.165, 1.54) is 23.7 Å². The number of fused-ring (bicyclic) bond motifs is 4. The highest BCUT2D eigenvalue weighted by atomic mass is 14.9. The molecule has 5 aliphatic rings. The van der Waals surface area contributed by atoms with Crippen LogP contribution >= 0.6 is 0 Å². The Morgan fingerprint density at radius 1 is 0.786 bits per heavy atom. The van der Waals surface area contributed by atoms with Crippen molar-refractivity contribution in [2.45, 2.75) is 44.9 Å². The van der Waals surface area contributed by atoms with E-state index in [2.05, 4.69) is 0 Å². The van der Waals surface area contributed by atoms with Crippen LogP contribution in [0.15, 0.2) is 0 Å². The largest absolute Gasteiger partial charge is 0.0444 e. The fraction of sp³-hybridized carbons (Fsp3) is 1.00. The molecule has 0 amide bonds. The van der Waals surface area contributed by atoms with Crippen LogP contribution in [0.25, 0.3) is 0 Å². The van der Waals surface area contributed by atoms with Crippen molar-refractivity contribution in [3.8, 4) is 0 Å². The van der Waals surface area contributed by atoms with Crippen molar-refractivity contribution in [3.05, 3.63) is 0 Å². The van der Waals surface area contributed by atoms with Gasteiger partial charge in [-0.1, -0.05) is 0 Å². The van der Waals surface area contributed by atoms with Crippen LogP contribution < -0.4 is 0 Å². The molecule has 0 aliphatic heterocycles.